The number of aromatic amines is 1. The molecule has 2 rings (SSSR count). The maximum absolute atomic E-state index is 13.1. The molecule has 19 heavy (non-hydrogen) atoms. The molecule has 0 aliphatic carbocycles. The van der Waals surface area contributed by atoms with Crippen molar-refractivity contribution >= 4 is 16.9 Å². The van der Waals surface area contributed by atoms with Gasteiger partial charge in [0.1, 0.15) is 5.82 Å². The number of nitrogens with zero attached hydrogens (tertiary/aromatic N) is 1. The lowest BCUT2D eigenvalue weighted by Crippen LogP contribution is -2.38. The van der Waals surface area contributed by atoms with E-state index in [4.69, 9.17) is 0 Å². The zero-order valence-electron chi connectivity index (χ0n) is 10.2. The summed E-state index contributed by atoms with van der Waals surface area (Å²) in [6.07, 6.45) is 0. The zero-order valence-corrected chi connectivity index (χ0v) is 10.2. The number of fused-ring (bicyclic) bond motifs is 1. The van der Waals surface area contributed by atoms with Gasteiger partial charge in [0.15, 0.2) is 0 Å². The number of H-pyrrole nitrogens is 1. The molecule has 0 spiro atoms. The molecule has 1 aromatic heterocycles. The van der Waals surface area contributed by atoms with E-state index in [2.05, 4.69) is 10.3 Å². The average Bonchev–Trinajstić information content (AvgIpc) is 2.33. The molecule has 1 aromatic carbocycles. The highest BCUT2D eigenvalue weighted by atomic mass is 19.1. The van der Waals surface area contributed by atoms with Crippen molar-refractivity contribution < 1.29 is 9.18 Å². The van der Waals surface area contributed by atoms with Gasteiger partial charge >= 0.3 is 11.1 Å². The lowest BCUT2D eigenvalue weighted by Gasteiger charge is -2.09. The van der Waals surface area contributed by atoms with E-state index in [0.717, 1.165) is 6.07 Å². The highest BCUT2D eigenvalue weighted by Gasteiger charge is 2.08. The zero-order chi connectivity index (χ0) is 14.0. The molecule has 0 unspecified atom stereocenters. The number of carbonyl (C=O) groups excluding carboxylic acids is 1. The summed E-state index contributed by atoms with van der Waals surface area (Å²) >= 11 is 0. The fourth-order valence-corrected chi connectivity index (χ4v) is 1.82. The Morgan fingerprint density at radius 3 is 2.84 bits per heavy atom. The summed E-state index contributed by atoms with van der Waals surface area (Å²) in [4.78, 5) is 36.3. The fourth-order valence-electron chi connectivity index (χ4n) is 1.82. The van der Waals surface area contributed by atoms with E-state index >= 15 is 0 Å². The number of benzene rings is 1. The van der Waals surface area contributed by atoms with E-state index in [9.17, 15) is 18.8 Å². The van der Waals surface area contributed by atoms with Crippen molar-refractivity contribution in [3.8, 4) is 0 Å². The summed E-state index contributed by atoms with van der Waals surface area (Å²) in [7, 11) is 0. The first kappa shape index (κ1) is 13.0. The highest BCUT2D eigenvalue weighted by molar-refractivity contribution is 5.74. The number of carbonyl (C=O) groups is 1. The standard InChI is InChI=1S/C12H12FN3O3/c1-7(17)14-4-5-16-10-3-2-8(13)6-9(10)15-11(18)12(16)19/h2-3,6H,4-5H2,1H3,(H,14,17)(H,15,18). The number of aromatic nitrogens is 2. The van der Waals surface area contributed by atoms with Crippen molar-refractivity contribution in [1.82, 2.24) is 14.9 Å². The normalized spacial score (nSPS) is 10.6. The first-order valence-electron chi connectivity index (χ1n) is 5.66. The molecule has 0 fully saturated rings. The minimum Gasteiger partial charge on any atom is -0.355 e. The van der Waals surface area contributed by atoms with Gasteiger partial charge < -0.3 is 14.9 Å². The Labute approximate surface area is 106 Å². The molecule has 0 atom stereocenters. The molecule has 100 valence electrons. The fraction of sp³-hybridized carbons (Fsp3) is 0.250. The summed E-state index contributed by atoms with van der Waals surface area (Å²) in [5.41, 5.74) is -0.894. The molecule has 0 saturated heterocycles. The Kier molecular flexibility index (Phi) is 3.46. The number of amides is 1. The molecule has 6 nitrogen and oxygen atoms in total. The summed E-state index contributed by atoms with van der Waals surface area (Å²) in [6, 6.07) is 3.76. The number of rotatable bonds is 3. The minimum atomic E-state index is -0.819. The molecule has 0 aliphatic heterocycles. The number of halogens is 1. The molecular weight excluding hydrogens is 253 g/mol. The van der Waals surface area contributed by atoms with E-state index in [-0.39, 0.29) is 24.5 Å². The molecule has 0 bridgehead atoms. The van der Waals surface area contributed by atoms with E-state index in [0.29, 0.717) is 5.52 Å². The van der Waals surface area contributed by atoms with Crippen LogP contribution in [0.2, 0.25) is 0 Å². The summed E-state index contributed by atoms with van der Waals surface area (Å²) in [5.74, 6) is -0.733. The van der Waals surface area contributed by atoms with Crippen LogP contribution in [-0.4, -0.2) is 22.0 Å². The second-order valence-electron chi connectivity index (χ2n) is 4.06. The van der Waals surface area contributed by atoms with Crippen molar-refractivity contribution in [2.45, 2.75) is 13.5 Å². The molecule has 7 heteroatoms. The quantitative estimate of drug-likeness (QED) is 0.764. The third-order valence-corrected chi connectivity index (χ3v) is 2.65. The van der Waals surface area contributed by atoms with Crippen LogP contribution in [0, 0.1) is 5.82 Å². The molecule has 1 heterocycles. The molecule has 0 saturated carbocycles. The molecule has 2 aromatic rings. The number of hydrogen-bond donors (Lipinski definition) is 2. The van der Waals surface area contributed by atoms with Gasteiger partial charge in [-0.3, -0.25) is 14.4 Å². The van der Waals surface area contributed by atoms with Crippen LogP contribution < -0.4 is 16.4 Å². The summed E-state index contributed by atoms with van der Waals surface area (Å²) in [6.45, 7) is 1.71. The van der Waals surface area contributed by atoms with Gasteiger partial charge in [0.2, 0.25) is 5.91 Å². The number of nitrogens with one attached hydrogen (secondary N) is 2. The Morgan fingerprint density at radius 2 is 2.16 bits per heavy atom. The van der Waals surface area contributed by atoms with Crippen LogP contribution in [0.3, 0.4) is 0 Å². The maximum atomic E-state index is 13.1. The predicted octanol–water partition coefficient (Wildman–Crippen LogP) is -0.0350. The van der Waals surface area contributed by atoms with Crippen molar-refractivity contribution in [1.29, 1.82) is 0 Å². The van der Waals surface area contributed by atoms with E-state index in [1.165, 1.54) is 23.6 Å². The SMILES string of the molecule is CC(=O)NCCn1c(=O)c(=O)[nH]c2cc(F)ccc21. The van der Waals surface area contributed by atoms with Gasteiger partial charge in [-0.25, -0.2) is 4.39 Å². The summed E-state index contributed by atoms with van der Waals surface area (Å²) < 4.78 is 14.3. The van der Waals surface area contributed by atoms with Crippen molar-refractivity contribution in [3.63, 3.8) is 0 Å². The van der Waals surface area contributed by atoms with Crippen LogP contribution in [0.5, 0.6) is 0 Å². The molecule has 0 radical (unpaired) electrons. The van der Waals surface area contributed by atoms with Crippen LogP contribution in [-0.2, 0) is 11.3 Å². The molecule has 1 amide bonds. The first-order valence-corrected chi connectivity index (χ1v) is 5.66. The van der Waals surface area contributed by atoms with E-state index in [1.807, 2.05) is 0 Å². The third kappa shape index (κ3) is 2.70. The molecular formula is C12H12FN3O3. The lowest BCUT2D eigenvalue weighted by atomic mass is 10.3. The van der Waals surface area contributed by atoms with Crippen LogP contribution in [0.15, 0.2) is 27.8 Å². The Bertz CT molecular complexity index is 748. The maximum Gasteiger partial charge on any atom is 0.316 e. The van der Waals surface area contributed by atoms with E-state index in [1.54, 1.807) is 0 Å². The molecule has 2 N–H and O–H groups in total. The van der Waals surface area contributed by atoms with Gasteiger partial charge in [-0.2, -0.15) is 0 Å². The topological polar surface area (TPSA) is 84.0 Å². The Hall–Kier alpha value is -2.44. The van der Waals surface area contributed by atoms with Crippen LogP contribution in [0.1, 0.15) is 6.92 Å². The average molecular weight is 265 g/mol. The monoisotopic (exact) mass is 265 g/mol. The Balaban J connectivity index is 2.51. The van der Waals surface area contributed by atoms with Crippen LogP contribution in [0.4, 0.5) is 4.39 Å². The second kappa shape index (κ2) is 5.05. The summed E-state index contributed by atoms with van der Waals surface area (Å²) in [5, 5.41) is 2.53. The van der Waals surface area contributed by atoms with Gasteiger partial charge in [0.25, 0.3) is 0 Å². The van der Waals surface area contributed by atoms with Crippen molar-refractivity contribution in [2.24, 2.45) is 0 Å². The third-order valence-electron chi connectivity index (χ3n) is 2.65. The van der Waals surface area contributed by atoms with Gasteiger partial charge in [-0.15, -0.1) is 0 Å². The van der Waals surface area contributed by atoms with Crippen molar-refractivity contribution in [2.75, 3.05) is 6.54 Å². The second-order valence-corrected chi connectivity index (χ2v) is 4.06. The van der Waals surface area contributed by atoms with Crippen LogP contribution >= 0.6 is 0 Å². The minimum absolute atomic E-state index is 0.143. The van der Waals surface area contributed by atoms with Gasteiger partial charge in [0, 0.05) is 20.0 Å². The van der Waals surface area contributed by atoms with Gasteiger partial charge in [-0.05, 0) is 18.2 Å². The van der Waals surface area contributed by atoms with Crippen LogP contribution in [0.25, 0.3) is 11.0 Å². The van der Waals surface area contributed by atoms with E-state index < -0.39 is 16.9 Å². The smallest absolute Gasteiger partial charge is 0.316 e. The van der Waals surface area contributed by atoms with Gasteiger partial charge in [0.05, 0.1) is 11.0 Å². The first-order chi connectivity index (χ1) is 8.99. The largest absolute Gasteiger partial charge is 0.355 e. The highest BCUT2D eigenvalue weighted by Crippen LogP contribution is 2.09. The number of hydrogen-bond acceptors (Lipinski definition) is 3. The van der Waals surface area contributed by atoms with Crippen molar-refractivity contribution in [3.05, 3.63) is 44.7 Å². The Morgan fingerprint density at radius 1 is 1.42 bits per heavy atom. The predicted molar refractivity (Wildman–Crippen MR) is 67.5 cm³/mol. The lowest BCUT2D eigenvalue weighted by molar-refractivity contribution is -0.118. The van der Waals surface area contributed by atoms with Gasteiger partial charge in [-0.1, -0.05) is 0 Å². The molecule has 0 aliphatic rings.